The van der Waals surface area contributed by atoms with Crippen molar-refractivity contribution in [3.63, 3.8) is 0 Å². The van der Waals surface area contributed by atoms with Crippen molar-refractivity contribution in [2.45, 2.75) is 32.7 Å². The van der Waals surface area contributed by atoms with Gasteiger partial charge in [-0.2, -0.15) is 0 Å². The molecule has 0 saturated carbocycles. The summed E-state index contributed by atoms with van der Waals surface area (Å²) in [6.45, 7) is 11.4. The van der Waals surface area contributed by atoms with E-state index >= 15 is 0 Å². The third kappa shape index (κ3) is 5.10. The summed E-state index contributed by atoms with van der Waals surface area (Å²) in [5.41, 5.74) is 4.42. The zero-order valence-electron chi connectivity index (χ0n) is 17.0. The Morgan fingerprint density at radius 2 is 1.52 bits per heavy atom. The maximum atomic E-state index is 12.4. The van der Waals surface area contributed by atoms with E-state index < -0.39 is 0 Å². The molecule has 144 valence electrons. The molecule has 0 spiro atoms. The third-order valence-electron chi connectivity index (χ3n) is 5.27. The van der Waals surface area contributed by atoms with Gasteiger partial charge in [0, 0.05) is 44.0 Å². The molecule has 1 aliphatic rings. The zero-order chi connectivity index (χ0) is 19.4. The summed E-state index contributed by atoms with van der Waals surface area (Å²) in [6, 6.07) is 16.4. The quantitative estimate of drug-likeness (QED) is 0.898. The van der Waals surface area contributed by atoms with Gasteiger partial charge in [-0.15, -0.1) is 0 Å². The monoisotopic (exact) mass is 365 g/mol. The molecule has 0 atom stereocenters. The summed E-state index contributed by atoms with van der Waals surface area (Å²) in [4.78, 5) is 17.2. The molecule has 0 unspecified atom stereocenters. The smallest absolute Gasteiger partial charge is 0.251 e. The van der Waals surface area contributed by atoms with Gasteiger partial charge < -0.3 is 15.1 Å². The Morgan fingerprint density at radius 1 is 0.926 bits per heavy atom. The molecule has 1 N–H and O–H groups in total. The molecule has 4 heteroatoms. The lowest BCUT2D eigenvalue weighted by molar-refractivity contribution is 0.0951. The first-order chi connectivity index (χ1) is 12.8. The highest BCUT2D eigenvalue weighted by atomic mass is 16.1. The van der Waals surface area contributed by atoms with Crippen LogP contribution in [-0.2, 0) is 12.0 Å². The van der Waals surface area contributed by atoms with Crippen LogP contribution in [0, 0.1) is 0 Å². The second-order valence-corrected chi connectivity index (χ2v) is 8.47. The standard InChI is InChI=1S/C23H31N3O/c1-23(2,3)20-9-7-19(8-10-20)22(27)24-17-18-5-11-21(12-6-18)26-15-13-25(4)14-16-26/h5-12H,13-17H2,1-4H3,(H,24,27). The van der Waals surface area contributed by atoms with Crippen LogP contribution < -0.4 is 10.2 Å². The molecule has 1 aliphatic heterocycles. The van der Waals surface area contributed by atoms with E-state index in [-0.39, 0.29) is 11.3 Å². The number of hydrogen-bond acceptors (Lipinski definition) is 3. The molecule has 1 fully saturated rings. The normalized spacial score (nSPS) is 15.6. The van der Waals surface area contributed by atoms with Crippen molar-refractivity contribution >= 4 is 11.6 Å². The fraction of sp³-hybridized carbons (Fsp3) is 0.435. The maximum absolute atomic E-state index is 12.4. The van der Waals surface area contributed by atoms with E-state index in [0.29, 0.717) is 12.1 Å². The first kappa shape index (κ1) is 19.4. The Hall–Kier alpha value is -2.33. The Morgan fingerprint density at radius 3 is 2.07 bits per heavy atom. The number of amides is 1. The van der Waals surface area contributed by atoms with Gasteiger partial charge in [0.15, 0.2) is 0 Å². The van der Waals surface area contributed by atoms with Gasteiger partial charge in [0.05, 0.1) is 0 Å². The fourth-order valence-corrected chi connectivity index (χ4v) is 3.30. The number of nitrogens with zero attached hydrogens (tertiary/aromatic N) is 2. The average Bonchev–Trinajstić information content (AvgIpc) is 2.66. The summed E-state index contributed by atoms with van der Waals surface area (Å²) in [5, 5.41) is 3.02. The molecule has 2 aromatic carbocycles. The molecule has 0 aromatic heterocycles. The first-order valence-electron chi connectivity index (χ1n) is 9.74. The van der Waals surface area contributed by atoms with E-state index in [0.717, 1.165) is 31.7 Å². The minimum Gasteiger partial charge on any atom is -0.369 e. The van der Waals surface area contributed by atoms with Crippen LogP contribution in [0.1, 0.15) is 42.3 Å². The van der Waals surface area contributed by atoms with Gasteiger partial charge in [0.25, 0.3) is 5.91 Å². The van der Waals surface area contributed by atoms with Gasteiger partial charge >= 0.3 is 0 Å². The van der Waals surface area contributed by atoms with Crippen LogP contribution in [0.15, 0.2) is 48.5 Å². The first-order valence-corrected chi connectivity index (χ1v) is 9.74. The molecule has 0 radical (unpaired) electrons. The van der Waals surface area contributed by atoms with Crippen molar-refractivity contribution in [2.24, 2.45) is 0 Å². The van der Waals surface area contributed by atoms with Crippen molar-refractivity contribution < 1.29 is 4.79 Å². The lowest BCUT2D eigenvalue weighted by Crippen LogP contribution is -2.44. The number of carbonyl (C=O) groups excluding carboxylic acids is 1. The number of rotatable bonds is 4. The van der Waals surface area contributed by atoms with Crippen molar-refractivity contribution in [1.29, 1.82) is 0 Å². The zero-order valence-corrected chi connectivity index (χ0v) is 17.0. The molecule has 3 rings (SSSR count). The van der Waals surface area contributed by atoms with E-state index in [1.54, 1.807) is 0 Å². The van der Waals surface area contributed by atoms with Crippen molar-refractivity contribution in [3.8, 4) is 0 Å². The second kappa shape index (κ2) is 8.13. The fourth-order valence-electron chi connectivity index (χ4n) is 3.30. The van der Waals surface area contributed by atoms with Crippen LogP contribution in [0.4, 0.5) is 5.69 Å². The summed E-state index contributed by atoms with van der Waals surface area (Å²) in [7, 11) is 2.17. The molecule has 0 bridgehead atoms. The number of nitrogens with one attached hydrogen (secondary N) is 1. The highest BCUT2D eigenvalue weighted by Crippen LogP contribution is 2.22. The minimum absolute atomic E-state index is 0.0291. The molecule has 27 heavy (non-hydrogen) atoms. The number of anilines is 1. The van der Waals surface area contributed by atoms with Crippen molar-refractivity contribution in [1.82, 2.24) is 10.2 Å². The summed E-state index contributed by atoms with van der Waals surface area (Å²) in [5.74, 6) is -0.0291. The second-order valence-electron chi connectivity index (χ2n) is 8.47. The largest absolute Gasteiger partial charge is 0.369 e. The lowest BCUT2D eigenvalue weighted by Gasteiger charge is -2.34. The molecular weight excluding hydrogens is 334 g/mol. The average molecular weight is 366 g/mol. The van der Waals surface area contributed by atoms with Gasteiger partial charge in [-0.3, -0.25) is 4.79 Å². The minimum atomic E-state index is -0.0291. The molecule has 1 amide bonds. The number of carbonyl (C=O) groups is 1. The van der Waals surface area contributed by atoms with Crippen LogP contribution in [0.25, 0.3) is 0 Å². The Labute approximate surface area is 163 Å². The highest BCUT2D eigenvalue weighted by Gasteiger charge is 2.15. The van der Waals surface area contributed by atoms with E-state index in [4.69, 9.17) is 0 Å². The van der Waals surface area contributed by atoms with Crippen molar-refractivity contribution in [3.05, 3.63) is 65.2 Å². The van der Waals surface area contributed by atoms with E-state index in [2.05, 4.69) is 67.2 Å². The SMILES string of the molecule is CN1CCN(c2ccc(CNC(=O)c3ccc(C(C)(C)C)cc3)cc2)CC1. The Bertz CT molecular complexity index is 752. The van der Waals surface area contributed by atoms with Crippen molar-refractivity contribution in [2.75, 3.05) is 38.1 Å². The Balaban J connectivity index is 1.54. The number of piperazine rings is 1. The molecule has 1 heterocycles. The summed E-state index contributed by atoms with van der Waals surface area (Å²) < 4.78 is 0. The van der Waals surface area contributed by atoms with Crippen LogP contribution in [0.2, 0.25) is 0 Å². The Kier molecular flexibility index (Phi) is 5.85. The van der Waals surface area contributed by atoms with Crippen LogP contribution in [0.3, 0.4) is 0 Å². The predicted octanol–water partition coefficient (Wildman–Crippen LogP) is 3.67. The molecular formula is C23H31N3O. The molecule has 0 aliphatic carbocycles. The summed E-state index contributed by atoms with van der Waals surface area (Å²) >= 11 is 0. The number of benzene rings is 2. The van der Waals surface area contributed by atoms with E-state index in [9.17, 15) is 4.79 Å². The van der Waals surface area contributed by atoms with Gasteiger partial charge in [-0.1, -0.05) is 45.0 Å². The van der Waals surface area contributed by atoms with Gasteiger partial charge in [0.1, 0.15) is 0 Å². The van der Waals surface area contributed by atoms with Crippen LogP contribution in [-0.4, -0.2) is 44.0 Å². The van der Waals surface area contributed by atoms with Crippen LogP contribution >= 0.6 is 0 Å². The maximum Gasteiger partial charge on any atom is 0.251 e. The summed E-state index contributed by atoms with van der Waals surface area (Å²) in [6.07, 6.45) is 0. The number of likely N-dealkylation sites (N-methyl/N-ethyl adjacent to an activating group) is 1. The molecule has 2 aromatic rings. The molecule has 4 nitrogen and oxygen atoms in total. The predicted molar refractivity (Wildman–Crippen MR) is 112 cm³/mol. The lowest BCUT2D eigenvalue weighted by atomic mass is 9.87. The van der Waals surface area contributed by atoms with Gasteiger partial charge in [-0.25, -0.2) is 0 Å². The highest BCUT2D eigenvalue weighted by molar-refractivity contribution is 5.94. The third-order valence-corrected chi connectivity index (χ3v) is 5.27. The van der Waals surface area contributed by atoms with E-state index in [1.165, 1.54) is 11.3 Å². The van der Waals surface area contributed by atoms with Gasteiger partial charge in [-0.05, 0) is 47.9 Å². The number of hydrogen-bond donors (Lipinski definition) is 1. The topological polar surface area (TPSA) is 35.6 Å². The van der Waals surface area contributed by atoms with E-state index in [1.807, 2.05) is 24.3 Å². The van der Waals surface area contributed by atoms with Gasteiger partial charge in [0.2, 0.25) is 0 Å². The molecule has 1 saturated heterocycles. The van der Waals surface area contributed by atoms with Crippen LogP contribution in [0.5, 0.6) is 0 Å².